The van der Waals surface area contributed by atoms with Crippen LogP contribution in [0.25, 0.3) is 0 Å². The number of rotatable bonds is 6. The fourth-order valence-corrected chi connectivity index (χ4v) is 2.11. The van der Waals surface area contributed by atoms with Gasteiger partial charge in [0.1, 0.15) is 5.75 Å². The summed E-state index contributed by atoms with van der Waals surface area (Å²) in [5, 5.41) is 11.8. The van der Waals surface area contributed by atoms with Gasteiger partial charge in [0.25, 0.3) is 5.91 Å². The van der Waals surface area contributed by atoms with Crippen LogP contribution in [0.5, 0.6) is 5.75 Å². The molecule has 0 unspecified atom stereocenters. The molecule has 0 aliphatic carbocycles. The summed E-state index contributed by atoms with van der Waals surface area (Å²) in [6.07, 6.45) is 0.504. The number of aliphatic hydroxyl groups is 1. The van der Waals surface area contributed by atoms with E-state index in [1.54, 1.807) is 6.07 Å². The zero-order valence-electron chi connectivity index (χ0n) is 11.4. The fourth-order valence-electron chi connectivity index (χ4n) is 1.85. The van der Waals surface area contributed by atoms with Crippen LogP contribution in [0.3, 0.4) is 0 Å². The number of amides is 1. The van der Waals surface area contributed by atoms with Crippen LogP contribution in [0.1, 0.15) is 5.56 Å². The van der Waals surface area contributed by atoms with Gasteiger partial charge in [-0.15, -0.1) is 0 Å². The Bertz CT molecular complexity index is 599. The SMILES string of the molecule is O=C(COc1ccccc1CCO)Nc1ccc(Br)cc1. The van der Waals surface area contributed by atoms with Crippen molar-refractivity contribution in [3.8, 4) is 5.75 Å². The summed E-state index contributed by atoms with van der Waals surface area (Å²) in [5.74, 6) is 0.397. The molecule has 4 nitrogen and oxygen atoms in total. The molecule has 1 amide bonds. The molecule has 2 aromatic carbocycles. The summed E-state index contributed by atoms with van der Waals surface area (Å²) in [7, 11) is 0. The van der Waals surface area contributed by atoms with Gasteiger partial charge in [-0.25, -0.2) is 0 Å². The topological polar surface area (TPSA) is 58.6 Å². The summed E-state index contributed by atoms with van der Waals surface area (Å²) >= 11 is 3.34. The molecule has 0 fully saturated rings. The minimum absolute atomic E-state index is 0.0471. The van der Waals surface area contributed by atoms with E-state index in [1.165, 1.54) is 0 Å². The molecule has 0 aliphatic heterocycles. The van der Waals surface area contributed by atoms with Gasteiger partial charge in [-0.1, -0.05) is 34.1 Å². The van der Waals surface area contributed by atoms with E-state index in [9.17, 15) is 4.79 Å². The molecule has 0 heterocycles. The lowest BCUT2D eigenvalue weighted by Crippen LogP contribution is -2.20. The van der Waals surface area contributed by atoms with Crippen molar-refractivity contribution in [1.29, 1.82) is 0 Å². The Hall–Kier alpha value is -1.85. The maximum Gasteiger partial charge on any atom is 0.262 e. The van der Waals surface area contributed by atoms with Gasteiger partial charge in [0, 0.05) is 16.8 Å². The molecule has 0 saturated carbocycles. The number of hydrogen-bond donors (Lipinski definition) is 2. The second-order valence-corrected chi connectivity index (χ2v) is 5.34. The first kappa shape index (κ1) is 15.5. The van der Waals surface area contributed by atoms with Gasteiger partial charge in [0.05, 0.1) is 0 Å². The van der Waals surface area contributed by atoms with Crippen molar-refractivity contribution >= 4 is 27.5 Å². The predicted octanol–water partition coefficient (Wildman–Crippen LogP) is 3.00. The van der Waals surface area contributed by atoms with E-state index in [0.717, 1.165) is 15.7 Å². The van der Waals surface area contributed by atoms with Crippen LogP contribution in [0.2, 0.25) is 0 Å². The highest BCUT2D eigenvalue weighted by molar-refractivity contribution is 9.10. The maximum atomic E-state index is 11.8. The second-order valence-electron chi connectivity index (χ2n) is 4.43. The number of ether oxygens (including phenoxy) is 1. The first-order valence-electron chi connectivity index (χ1n) is 6.56. The summed E-state index contributed by atoms with van der Waals surface area (Å²) in [4.78, 5) is 11.8. The maximum absolute atomic E-state index is 11.8. The molecule has 0 radical (unpaired) electrons. The highest BCUT2D eigenvalue weighted by Crippen LogP contribution is 2.18. The van der Waals surface area contributed by atoms with Crippen molar-refractivity contribution in [3.63, 3.8) is 0 Å². The molecule has 0 aromatic heterocycles. The van der Waals surface area contributed by atoms with Crippen LogP contribution in [0.15, 0.2) is 53.0 Å². The Morgan fingerprint density at radius 2 is 1.86 bits per heavy atom. The van der Waals surface area contributed by atoms with Crippen molar-refractivity contribution in [2.75, 3.05) is 18.5 Å². The van der Waals surface area contributed by atoms with Gasteiger partial charge in [0.2, 0.25) is 0 Å². The van der Waals surface area contributed by atoms with Gasteiger partial charge in [0.15, 0.2) is 6.61 Å². The Morgan fingerprint density at radius 1 is 1.14 bits per heavy atom. The van der Waals surface area contributed by atoms with E-state index in [-0.39, 0.29) is 19.1 Å². The van der Waals surface area contributed by atoms with Crippen molar-refractivity contribution in [2.45, 2.75) is 6.42 Å². The molecule has 2 aromatic rings. The van der Waals surface area contributed by atoms with Crippen molar-refractivity contribution in [2.24, 2.45) is 0 Å². The van der Waals surface area contributed by atoms with E-state index >= 15 is 0 Å². The number of anilines is 1. The average Bonchev–Trinajstić information content (AvgIpc) is 2.49. The number of nitrogens with one attached hydrogen (secondary N) is 1. The number of carbonyl (C=O) groups excluding carboxylic acids is 1. The normalized spacial score (nSPS) is 10.2. The molecule has 2 N–H and O–H groups in total. The van der Waals surface area contributed by atoms with Crippen molar-refractivity contribution < 1.29 is 14.6 Å². The number of halogens is 1. The molecule has 0 bridgehead atoms. The number of hydrogen-bond acceptors (Lipinski definition) is 3. The zero-order valence-corrected chi connectivity index (χ0v) is 13.0. The molecule has 0 saturated heterocycles. The monoisotopic (exact) mass is 349 g/mol. The second kappa shape index (κ2) is 7.81. The summed E-state index contributed by atoms with van der Waals surface area (Å²) < 4.78 is 6.47. The molecule has 0 spiro atoms. The van der Waals surface area contributed by atoms with Crippen LogP contribution < -0.4 is 10.1 Å². The minimum atomic E-state index is -0.226. The third kappa shape index (κ3) is 4.88. The standard InChI is InChI=1S/C16H16BrNO3/c17-13-5-7-14(8-6-13)18-16(20)11-21-15-4-2-1-3-12(15)9-10-19/h1-8,19H,9-11H2,(H,18,20). The first-order valence-corrected chi connectivity index (χ1v) is 7.35. The zero-order chi connectivity index (χ0) is 15.1. The first-order chi connectivity index (χ1) is 10.2. The largest absolute Gasteiger partial charge is 0.483 e. The van der Waals surface area contributed by atoms with Crippen molar-refractivity contribution in [3.05, 3.63) is 58.6 Å². The molecule has 110 valence electrons. The summed E-state index contributed by atoms with van der Waals surface area (Å²) in [6, 6.07) is 14.7. The van der Waals surface area contributed by atoms with Gasteiger partial charge >= 0.3 is 0 Å². The highest BCUT2D eigenvalue weighted by Gasteiger charge is 2.06. The van der Waals surface area contributed by atoms with E-state index < -0.39 is 0 Å². The van der Waals surface area contributed by atoms with Crippen LogP contribution in [0, 0.1) is 0 Å². The third-order valence-electron chi connectivity index (χ3n) is 2.84. The molecular formula is C16H16BrNO3. The third-order valence-corrected chi connectivity index (χ3v) is 3.37. The Morgan fingerprint density at radius 3 is 2.57 bits per heavy atom. The van der Waals surface area contributed by atoms with Gasteiger partial charge in [-0.2, -0.15) is 0 Å². The molecule has 2 rings (SSSR count). The Labute approximate surface area is 131 Å². The number of para-hydroxylation sites is 1. The quantitative estimate of drug-likeness (QED) is 0.842. The van der Waals surface area contributed by atoms with E-state index in [2.05, 4.69) is 21.2 Å². The summed E-state index contributed by atoms with van der Waals surface area (Å²) in [5.41, 5.74) is 1.60. The Balaban J connectivity index is 1.90. The number of benzene rings is 2. The lowest BCUT2D eigenvalue weighted by Gasteiger charge is -2.11. The number of aliphatic hydroxyl groups excluding tert-OH is 1. The fraction of sp³-hybridized carbons (Fsp3) is 0.188. The molecule has 5 heteroatoms. The van der Waals surface area contributed by atoms with E-state index in [1.807, 2.05) is 42.5 Å². The minimum Gasteiger partial charge on any atom is -0.483 e. The summed E-state index contributed by atoms with van der Waals surface area (Å²) in [6.45, 7) is -0.0238. The van der Waals surface area contributed by atoms with Crippen LogP contribution in [-0.4, -0.2) is 24.2 Å². The predicted molar refractivity (Wildman–Crippen MR) is 85.5 cm³/mol. The van der Waals surface area contributed by atoms with Gasteiger partial charge < -0.3 is 15.2 Å². The van der Waals surface area contributed by atoms with Crippen molar-refractivity contribution in [1.82, 2.24) is 0 Å². The van der Waals surface area contributed by atoms with Crippen LogP contribution in [-0.2, 0) is 11.2 Å². The molecule has 21 heavy (non-hydrogen) atoms. The number of carbonyl (C=O) groups is 1. The lowest BCUT2D eigenvalue weighted by atomic mass is 10.1. The molecule has 0 aliphatic rings. The van der Waals surface area contributed by atoms with Crippen LogP contribution in [0.4, 0.5) is 5.69 Å². The molecule has 0 atom stereocenters. The Kier molecular flexibility index (Phi) is 5.78. The molecular weight excluding hydrogens is 334 g/mol. The lowest BCUT2D eigenvalue weighted by molar-refractivity contribution is -0.118. The van der Waals surface area contributed by atoms with Crippen LogP contribution >= 0.6 is 15.9 Å². The smallest absolute Gasteiger partial charge is 0.262 e. The van der Waals surface area contributed by atoms with Gasteiger partial charge in [-0.05, 0) is 42.3 Å². The average molecular weight is 350 g/mol. The highest BCUT2D eigenvalue weighted by atomic mass is 79.9. The van der Waals surface area contributed by atoms with E-state index in [0.29, 0.717) is 12.2 Å². The van der Waals surface area contributed by atoms with E-state index in [4.69, 9.17) is 9.84 Å². The van der Waals surface area contributed by atoms with Gasteiger partial charge in [-0.3, -0.25) is 4.79 Å².